The van der Waals surface area contributed by atoms with Gasteiger partial charge >= 0.3 is 19.8 Å². The van der Waals surface area contributed by atoms with Gasteiger partial charge in [0.25, 0.3) is 0 Å². The summed E-state index contributed by atoms with van der Waals surface area (Å²) in [5, 5.41) is 0. The standard InChI is InChI=1S/C92H146NO8P/c1-6-8-10-12-14-16-18-20-22-24-26-28-30-32-34-36-38-40-42-44-45-46-47-49-51-53-55-57-59-61-63-65-67-69-71-73-75-77-79-81-83-85-92(95)101-90(89-100-102(96,97)99-87-86-93(3,4)5)88-98-91(94)84-82-80-78-76-74-72-70-68-66-64-62-60-58-56-54-52-50-48-43-41-39-37-35-33-31-29-27-25-23-21-19-17-15-13-11-9-7-2/h8-11,14-17,20-23,26-29,32-35,38-41,44-45,47-50,53-56,59,61,65,67,90H,6-7,12-13,18-19,24-25,30-31,36-37,42-43,46,51-52,57-58,60,62-64,66,68-89H2,1-5H3/p+1/b10-8-,11-9-,16-14-,17-15-,22-20-,23-21-,28-26-,29-27-,34-32-,35-33-,40-38-,41-39-,45-44-,49-47-,50-48-,55-53-,56-54-,61-59-,67-65-. The van der Waals surface area contributed by atoms with Gasteiger partial charge in [-0.3, -0.25) is 18.6 Å². The molecule has 0 aliphatic carbocycles. The number of hydrogen-bond donors (Lipinski definition) is 1. The number of hydrogen-bond acceptors (Lipinski definition) is 7. The van der Waals surface area contributed by atoms with E-state index in [0.717, 1.165) is 180 Å². The summed E-state index contributed by atoms with van der Waals surface area (Å²) >= 11 is 0. The number of esters is 2. The van der Waals surface area contributed by atoms with Crippen LogP contribution in [0.4, 0.5) is 0 Å². The van der Waals surface area contributed by atoms with Crippen LogP contribution in [0.2, 0.25) is 0 Å². The molecule has 0 saturated heterocycles. The fourth-order valence-corrected chi connectivity index (χ4v) is 10.9. The molecule has 0 aliphatic rings. The molecular weight excluding hydrogens is 1280 g/mol. The van der Waals surface area contributed by atoms with E-state index in [4.69, 9.17) is 18.5 Å². The van der Waals surface area contributed by atoms with E-state index < -0.39 is 26.5 Å². The Morgan fingerprint density at radius 2 is 0.529 bits per heavy atom. The Kier molecular flexibility index (Phi) is 74.6. The van der Waals surface area contributed by atoms with Gasteiger partial charge < -0.3 is 18.9 Å². The number of phosphoric ester groups is 1. The van der Waals surface area contributed by atoms with Crippen LogP contribution in [0.15, 0.2) is 231 Å². The Hall–Kier alpha value is -5.93. The molecule has 2 atom stereocenters. The van der Waals surface area contributed by atoms with Crippen LogP contribution in [0.1, 0.15) is 284 Å². The highest BCUT2D eigenvalue weighted by Crippen LogP contribution is 2.43. The molecule has 0 aromatic carbocycles. The molecule has 1 N–H and O–H groups in total. The summed E-state index contributed by atoms with van der Waals surface area (Å²) in [5.41, 5.74) is 0. The van der Waals surface area contributed by atoms with Crippen molar-refractivity contribution in [1.29, 1.82) is 0 Å². The third kappa shape index (κ3) is 83.0. The minimum atomic E-state index is -4.42. The number of allylic oxidation sites excluding steroid dienone is 38. The number of rotatable bonds is 71. The fraction of sp³-hybridized carbons (Fsp3) is 0.565. The van der Waals surface area contributed by atoms with Gasteiger partial charge in [-0.1, -0.05) is 341 Å². The van der Waals surface area contributed by atoms with Gasteiger partial charge in [-0.25, -0.2) is 4.57 Å². The molecule has 0 spiro atoms. The van der Waals surface area contributed by atoms with E-state index in [1.54, 1.807) is 0 Å². The Labute approximate surface area is 626 Å². The van der Waals surface area contributed by atoms with Gasteiger partial charge in [0.15, 0.2) is 6.10 Å². The van der Waals surface area contributed by atoms with E-state index in [9.17, 15) is 19.0 Å². The smallest absolute Gasteiger partial charge is 0.462 e. The average molecular weight is 1430 g/mol. The zero-order valence-corrected chi connectivity index (χ0v) is 66.1. The minimum Gasteiger partial charge on any atom is -0.462 e. The van der Waals surface area contributed by atoms with E-state index in [1.807, 2.05) is 21.1 Å². The molecule has 0 saturated carbocycles. The summed E-state index contributed by atoms with van der Waals surface area (Å²) in [6.07, 6.45) is 127. The first-order valence-corrected chi connectivity index (χ1v) is 41.6. The number of likely N-dealkylation sites (N-methyl/N-ethyl adjacent to an activating group) is 1. The normalized spacial score (nSPS) is 14.3. The van der Waals surface area contributed by atoms with Gasteiger partial charge in [0, 0.05) is 12.8 Å². The van der Waals surface area contributed by atoms with Gasteiger partial charge in [0.05, 0.1) is 27.7 Å². The molecule has 9 nitrogen and oxygen atoms in total. The van der Waals surface area contributed by atoms with Gasteiger partial charge in [-0.15, -0.1) is 0 Å². The second-order valence-corrected chi connectivity index (χ2v) is 28.4. The minimum absolute atomic E-state index is 0.0177. The van der Waals surface area contributed by atoms with Crippen molar-refractivity contribution in [3.8, 4) is 0 Å². The van der Waals surface area contributed by atoms with Crippen LogP contribution < -0.4 is 0 Å². The highest BCUT2D eigenvalue weighted by atomic mass is 31.2. The van der Waals surface area contributed by atoms with Crippen molar-refractivity contribution in [1.82, 2.24) is 0 Å². The van der Waals surface area contributed by atoms with Crippen molar-refractivity contribution >= 4 is 19.8 Å². The third-order valence-corrected chi connectivity index (χ3v) is 17.2. The maximum Gasteiger partial charge on any atom is 0.472 e. The lowest BCUT2D eigenvalue weighted by Crippen LogP contribution is -2.37. The molecule has 2 unspecified atom stereocenters. The topological polar surface area (TPSA) is 108 Å². The van der Waals surface area contributed by atoms with E-state index in [2.05, 4.69) is 245 Å². The van der Waals surface area contributed by atoms with Crippen molar-refractivity contribution in [2.45, 2.75) is 290 Å². The molecule has 0 amide bonds. The van der Waals surface area contributed by atoms with Gasteiger partial charge in [-0.05, 0) is 161 Å². The first kappa shape index (κ1) is 96.1. The van der Waals surface area contributed by atoms with Crippen molar-refractivity contribution in [2.75, 3.05) is 47.5 Å². The van der Waals surface area contributed by atoms with Crippen molar-refractivity contribution in [3.05, 3.63) is 231 Å². The van der Waals surface area contributed by atoms with E-state index in [-0.39, 0.29) is 32.0 Å². The Morgan fingerprint density at radius 3 is 0.784 bits per heavy atom. The van der Waals surface area contributed by atoms with Crippen LogP contribution in [0.5, 0.6) is 0 Å². The summed E-state index contributed by atoms with van der Waals surface area (Å²) < 4.78 is 34.8. The predicted octanol–water partition coefficient (Wildman–Crippen LogP) is 27.3. The molecule has 572 valence electrons. The number of carbonyl (C=O) groups excluding carboxylic acids is 2. The summed E-state index contributed by atoms with van der Waals surface area (Å²) in [4.78, 5) is 36.0. The van der Waals surface area contributed by atoms with Crippen LogP contribution in [0.25, 0.3) is 0 Å². The Morgan fingerprint density at radius 1 is 0.304 bits per heavy atom. The van der Waals surface area contributed by atoms with Crippen LogP contribution >= 0.6 is 7.82 Å². The first-order valence-electron chi connectivity index (χ1n) is 40.1. The zero-order chi connectivity index (χ0) is 74.0. The second kappa shape index (κ2) is 79.2. The quantitative estimate of drug-likeness (QED) is 0.0211. The summed E-state index contributed by atoms with van der Waals surface area (Å²) in [5.74, 6) is -0.824. The van der Waals surface area contributed by atoms with Crippen LogP contribution in [-0.4, -0.2) is 74.9 Å². The van der Waals surface area contributed by atoms with Gasteiger partial charge in [0.2, 0.25) is 0 Å². The fourth-order valence-electron chi connectivity index (χ4n) is 10.2. The molecule has 0 rings (SSSR count). The number of nitrogens with zero attached hydrogens (tertiary/aromatic N) is 1. The summed E-state index contributed by atoms with van der Waals surface area (Å²) in [6, 6.07) is 0. The maximum atomic E-state index is 12.9. The second-order valence-electron chi connectivity index (χ2n) is 27.0. The van der Waals surface area contributed by atoms with Crippen LogP contribution in [0, 0.1) is 0 Å². The van der Waals surface area contributed by atoms with Crippen LogP contribution in [-0.2, 0) is 32.7 Å². The van der Waals surface area contributed by atoms with E-state index in [0.29, 0.717) is 17.4 Å². The molecule has 10 heteroatoms. The van der Waals surface area contributed by atoms with E-state index >= 15 is 0 Å². The molecule has 0 aromatic rings. The van der Waals surface area contributed by atoms with E-state index in [1.165, 1.54) is 70.6 Å². The SMILES string of the molecule is CC/C=C\C/C=C\C/C=C\C/C=C\C/C=C\C/C=C\C/C=C\C/C=C\C/C=C\C/C=C\C/C=C\CCCCCCCCCC(=O)OC(COC(=O)CCCCCCCCCCCCCC/C=C\C/C=C\C/C=C\C/C=C\C/C=C\C/C=C\C/C=C\C/C=C\CC)COP(=O)(O)OCC[N+](C)(C)C. The van der Waals surface area contributed by atoms with Crippen molar-refractivity contribution in [3.63, 3.8) is 0 Å². The zero-order valence-electron chi connectivity index (χ0n) is 65.2. The molecule has 102 heavy (non-hydrogen) atoms. The number of quaternary nitrogens is 1. The molecule has 0 radical (unpaired) electrons. The Bertz CT molecular complexity index is 2580. The van der Waals surface area contributed by atoms with Gasteiger partial charge in [0.1, 0.15) is 19.8 Å². The molecule has 0 aliphatic heterocycles. The molecular formula is C92H147NO8P+. The van der Waals surface area contributed by atoms with Crippen molar-refractivity contribution in [2.24, 2.45) is 0 Å². The summed E-state index contributed by atoms with van der Waals surface area (Å²) in [6.45, 7) is 4.17. The first-order chi connectivity index (χ1) is 50.0. The van der Waals surface area contributed by atoms with Gasteiger partial charge in [-0.2, -0.15) is 0 Å². The largest absolute Gasteiger partial charge is 0.472 e. The average Bonchev–Trinajstić information content (AvgIpc) is 0.916. The van der Waals surface area contributed by atoms with Crippen molar-refractivity contribution < 1.29 is 42.1 Å². The molecule has 0 aromatic heterocycles. The Balaban J connectivity index is 4.12. The predicted molar refractivity (Wildman–Crippen MR) is 444 cm³/mol. The number of ether oxygens (including phenoxy) is 2. The lowest BCUT2D eigenvalue weighted by Gasteiger charge is -2.24. The molecule has 0 fully saturated rings. The number of phosphoric acid groups is 1. The third-order valence-electron chi connectivity index (χ3n) is 16.2. The molecule has 0 bridgehead atoms. The van der Waals surface area contributed by atoms with Crippen LogP contribution in [0.3, 0.4) is 0 Å². The number of carbonyl (C=O) groups is 2. The lowest BCUT2D eigenvalue weighted by atomic mass is 10.0. The lowest BCUT2D eigenvalue weighted by molar-refractivity contribution is -0.870. The summed E-state index contributed by atoms with van der Waals surface area (Å²) in [7, 11) is 1.44. The molecule has 0 heterocycles. The monoisotopic (exact) mass is 1430 g/mol. The highest BCUT2D eigenvalue weighted by Gasteiger charge is 2.27. The number of unbranched alkanes of at least 4 members (excludes halogenated alkanes) is 19. The highest BCUT2D eigenvalue weighted by molar-refractivity contribution is 7.47. The maximum absolute atomic E-state index is 12.9.